The number of rotatable bonds is 4. The fourth-order valence-corrected chi connectivity index (χ4v) is 2.22. The highest BCUT2D eigenvalue weighted by atomic mass is 127. The molecule has 0 amide bonds. The topological polar surface area (TPSA) is 58.3 Å². The van der Waals surface area contributed by atoms with Crippen molar-refractivity contribution in [3.05, 3.63) is 21.8 Å². The second-order valence-corrected chi connectivity index (χ2v) is 6.78. The molecular formula is C13H21IN2O. The predicted molar refractivity (Wildman–Crippen MR) is 82.1 cm³/mol. The maximum absolute atomic E-state index is 9.89. The van der Waals surface area contributed by atoms with Crippen LogP contribution in [0.4, 0.5) is 11.4 Å². The van der Waals surface area contributed by atoms with E-state index in [1.54, 1.807) is 0 Å². The molecule has 0 bridgehead atoms. The minimum atomic E-state index is -0.353. The first kappa shape index (κ1) is 14.6. The largest absolute Gasteiger partial charge is 0.397 e. The molecule has 1 atom stereocenters. The summed E-state index contributed by atoms with van der Waals surface area (Å²) in [5, 5.41) is 13.1. The van der Waals surface area contributed by atoms with E-state index in [2.05, 4.69) is 48.7 Å². The summed E-state index contributed by atoms with van der Waals surface area (Å²) in [5.74, 6) is 0. The molecule has 1 aromatic carbocycles. The summed E-state index contributed by atoms with van der Waals surface area (Å²) in [5.41, 5.74) is 7.63. The van der Waals surface area contributed by atoms with Crippen molar-refractivity contribution in [1.82, 2.24) is 0 Å². The Morgan fingerprint density at radius 3 is 2.59 bits per heavy atom. The monoisotopic (exact) mass is 348 g/mol. The lowest BCUT2D eigenvalue weighted by molar-refractivity contribution is 0.132. The van der Waals surface area contributed by atoms with Crippen LogP contribution in [0.1, 0.15) is 27.2 Å². The average Bonchev–Trinajstić information content (AvgIpc) is 2.13. The van der Waals surface area contributed by atoms with Crippen molar-refractivity contribution in [1.29, 1.82) is 0 Å². The SMILES string of the molecule is CC(C)(C)CC(O)CNc1ccc(I)cc1N. The number of nitrogen functional groups attached to an aromatic ring is 1. The van der Waals surface area contributed by atoms with Crippen LogP contribution < -0.4 is 11.1 Å². The number of hydrogen-bond acceptors (Lipinski definition) is 3. The summed E-state index contributed by atoms with van der Waals surface area (Å²) >= 11 is 2.22. The summed E-state index contributed by atoms with van der Waals surface area (Å²) in [6.07, 6.45) is 0.415. The molecule has 4 N–H and O–H groups in total. The molecule has 0 saturated heterocycles. The van der Waals surface area contributed by atoms with E-state index >= 15 is 0 Å². The van der Waals surface area contributed by atoms with Gasteiger partial charge in [0.1, 0.15) is 0 Å². The Labute approximate surface area is 117 Å². The Balaban J connectivity index is 2.50. The molecule has 96 valence electrons. The van der Waals surface area contributed by atoms with E-state index in [-0.39, 0.29) is 11.5 Å². The predicted octanol–water partition coefficient (Wildman–Crippen LogP) is 3.08. The number of nitrogens with two attached hydrogens (primary N) is 1. The van der Waals surface area contributed by atoms with Gasteiger partial charge >= 0.3 is 0 Å². The van der Waals surface area contributed by atoms with Crippen LogP contribution in [0, 0.1) is 8.99 Å². The maximum atomic E-state index is 9.89. The number of nitrogens with one attached hydrogen (secondary N) is 1. The fourth-order valence-electron chi connectivity index (χ4n) is 1.70. The van der Waals surface area contributed by atoms with Gasteiger partial charge in [0.15, 0.2) is 0 Å². The molecule has 0 aliphatic heterocycles. The molecule has 0 fully saturated rings. The minimum absolute atomic E-state index is 0.138. The zero-order chi connectivity index (χ0) is 13.1. The first-order valence-corrected chi connectivity index (χ1v) is 6.83. The van der Waals surface area contributed by atoms with Gasteiger partial charge in [-0.15, -0.1) is 0 Å². The van der Waals surface area contributed by atoms with Gasteiger partial charge in [-0.05, 0) is 52.6 Å². The van der Waals surface area contributed by atoms with E-state index < -0.39 is 0 Å². The third-order valence-electron chi connectivity index (χ3n) is 2.39. The van der Waals surface area contributed by atoms with Gasteiger partial charge in [-0.2, -0.15) is 0 Å². The molecule has 1 aromatic rings. The average molecular weight is 348 g/mol. The Morgan fingerprint density at radius 1 is 1.41 bits per heavy atom. The van der Waals surface area contributed by atoms with Gasteiger partial charge in [0.25, 0.3) is 0 Å². The molecule has 0 spiro atoms. The molecule has 4 heteroatoms. The maximum Gasteiger partial charge on any atom is 0.0717 e. The summed E-state index contributed by atoms with van der Waals surface area (Å²) in [7, 11) is 0. The van der Waals surface area contributed by atoms with Gasteiger partial charge < -0.3 is 16.2 Å². The summed E-state index contributed by atoms with van der Waals surface area (Å²) in [6.45, 7) is 6.89. The molecule has 0 radical (unpaired) electrons. The normalized spacial score (nSPS) is 13.5. The number of aliphatic hydroxyl groups is 1. The quantitative estimate of drug-likeness (QED) is 0.579. The lowest BCUT2D eigenvalue weighted by Crippen LogP contribution is -2.25. The van der Waals surface area contributed by atoms with E-state index in [9.17, 15) is 5.11 Å². The van der Waals surface area contributed by atoms with Gasteiger partial charge in [-0.3, -0.25) is 0 Å². The van der Waals surface area contributed by atoms with Crippen molar-refractivity contribution in [2.45, 2.75) is 33.3 Å². The van der Waals surface area contributed by atoms with Crippen LogP contribution in [-0.2, 0) is 0 Å². The number of anilines is 2. The number of hydrogen-bond donors (Lipinski definition) is 3. The smallest absolute Gasteiger partial charge is 0.0717 e. The van der Waals surface area contributed by atoms with Gasteiger partial charge in [0.2, 0.25) is 0 Å². The summed E-state index contributed by atoms with van der Waals surface area (Å²) in [4.78, 5) is 0. The Kier molecular flexibility index (Phi) is 5.06. The Hall–Kier alpha value is -0.490. The zero-order valence-electron chi connectivity index (χ0n) is 10.6. The Morgan fingerprint density at radius 2 is 2.06 bits per heavy atom. The fraction of sp³-hybridized carbons (Fsp3) is 0.538. The minimum Gasteiger partial charge on any atom is -0.397 e. The van der Waals surface area contributed by atoms with Crippen LogP contribution in [0.3, 0.4) is 0 Å². The highest BCUT2D eigenvalue weighted by molar-refractivity contribution is 14.1. The van der Waals surface area contributed by atoms with Crippen molar-refractivity contribution in [3.63, 3.8) is 0 Å². The number of aliphatic hydroxyl groups excluding tert-OH is 1. The van der Waals surface area contributed by atoms with Crippen molar-refractivity contribution < 1.29 is 5.11 Å². The van der Waals surface area contributed by atoms with Gasteiger partial charge in [0, 0.05) is 10.1 Å². The molecule has 1 rings (SSSR count). The van der Waals surface area contributed by atoms with Crippen molar-refractivity contribution in [2.24, 2.45) is 5.41 Å². The van der Waals surface area contributed by atoms with Crippen molar-refractivity contribution >= 4 is 34.0 Å². The van der Waals surface area contributed by atoms with E-state index in [1.165, 1.54) is 0 Å². The molecule has 0 saturated carbocycles. The number of halogens is 1. The van der Waals surface area contributed by atoms with Gasteiger partial charge in [0.05, 0.1) is 17.5 Å². The standard InChI is InChI=1S/C13H21IN2O/c1-13(2,3)7-10(17)8-16-12-5-4-9(14)6-11(12)15/h4-6,10,16-17H,7-8,15H2,1-3H3. The van der Waals surface area contributed by atoms with E-state index in [1.807, 2.05) is 18.2 Å². The zero-order valence-corrected chi connectivity index (χ0v) is 12.8. The molecule has 0 aliphatic carbocycles. The first-order valence-electron chi connectivity index (χ1n) is 5.75. The first-order chi connectivity index (χ1) is 7.78. The third kappa shape index (κ3) is 5.59. The summed E-state index contributed by atoms with van der Waals surface area (Å²) in [6, 6.07) is 5.86. The molecule has 0 aromatic heterocycles. The highest BCUT2D eigenvalue weighted by Crippen LogP contribution is 2.23. The molecule has 0 aliphatic rings. The highest BCUT2D eigenvalue weighted by Gasteiger charge is 2.16. The summed E-state index contributed by atoms with van der Waals surface area (Å²) < 4.78 is 1.11. The van der Waals surface area contributed by atoms with Crippen LogP contribution in [-0.4, -0.2) is 17.8 Å². The molecule has 3 nitrogen and oxygen atoms in total. The third-order valence-corrected chi connectivity index (χ3v) is 3.06. The van der Waals surface area contributed by atoms with Crippen LogP contribution in [0.2, 0.25) is 0 Å². The van der Waals surface area contributed by atoms with Crippen LogP contribution >= 0.6 is 22.6 Å². The second kappa shape index (κ2) is 5.91. The van der Waals surface area contributed by atoms with E-state index in [0.717, 1.165) is 21.4 Å². The second-order valence-electron chi connectivity index (χ2n) is 5.53. The lowest BCUT2D eigenvalue weighted by atomic mass is 9.89. The molecule has 17 heavy (non-hydrogen) atoms. The van der Waals surface area contributed by atoms with Crippen LogP contribution in [0.15, 0.2) is 18.2 Å². The van der Waals surface area contributed by atoms with Crippen LogP contribution in [0.5, 0.6) is 0 Å². The molecular weight excluding hydrogens is 327 g/mol. The van der Waals surface area contributed by atoms with Gasteiger partial charge in [-0.25, -0.2) is 0 Å². The van der Waals surface area contributed by atoms with E-state index in [4.69, 9.17) is 5.73 Å². The van der Waals surface area contributed by atoms with Gasteiger partial charge in [-0.1, -0.05) is 20.8 Å². The molecule has 0 heterocycles. The van der Waals surface area contributed by atoms with Crippen molar-refractivity contribution in [3.8, 4) is 0 Å². The Bertz CT molecular complexity index is 374. The number of benzene rings is 1. The van der Waals surface area contributed by atoms with Crippen LogP contribution in [0.25, 0.3) is 0 Å². The van der Waals surface area contributed by atoms with Crippen molar-refractivity contribution in [2.75, 3.05) is 17.6 Å². The molecule has 1 unspecified atom stereocenters. The lowest BCUT2D eigenvalue weighted by Gasteiger charge is -2.23. The van der Waals surface area contributed by atoms with E-state index in [0.29, 0.717) is 6.54 Å².